The molecule has 1 aliphatic heterocycles. The first-order valence-electron chi connectivity index (χ1n) is 10.2. The summed E-state index contributed by atoms with van der Waals surface area (Å²) in [5.74, 6) is 0.222. The van der Waals surface area contributed by atoms with Crippen LogP contribution in [0.2, 0.25) is 0 Å². The molecule has 2 aromatic rings. The Kier molecular flexibility index (Phi) is 15.1. The number of aryl methyl sites for hydroxylation is 1. The molecule has 2 atom stereocenters. The molecule has 1 aromatic heterocycles. The second-order valence-electron chi connectivity index (χ2n) is 6.26. The molecule has 2 heterocycles. The van der Waals surface area contributed by atoms with Crippen molar-refractivity contribution in [3.05, 3.63) is 54.1 Å². The van der Waals surface area contributed by atoms with Gasteiger partial charge in [0.05, 0.1) is 13.2 Å². The van der Waals surface area contributed by atoms with E-state index >= 15 is 0 Å². The number of hydrogen-bond acceptors (Lipinski definition) is 5. The van der Waals surface area contributed by atoms with Gasteiger partial charge in [-0.1, -0.05) is 19.9 Å². The molecule has 0 radical (unpaired) electrons. The second-order valence-corrected chi connectivity index (χ2v) is 6.26. The zero-order valence-corrected chi connectivity index (χ0v) is 19.1. The Balaban J connectivity index is 0.000000506. The third-order valence-corrected chi connectivity index (χ3v) is 3.84. The molecule has 172 valence electrons. The van der Waals surface area contributed by atoms with E-state index in [9.17, 15) is 9.18 Å². The van der Waals surface area contributed by atoms with Gasteiger partial charge in [-0.05, 0) is 51.0 Å². The first-order valence-corrected chi connectivity index (χ1v) is 10.2. The summed E-state index contributed by atoms with van der Waals surface area (Å²) < 4.78 is 22.5. The van der Waals surface area contributed by atoms with E-state index in [1.54, 1.807) is 31.4 Å². The van der Waals surface area contributed by atoms with Crippen LogP contribution in [0.1, 0.15) is 39.3 Å². The lowest BCUT2D eigenvalue weighted by Gasteiger charge is -2.11. The molecule has 7 nitrogen and oxygen atoms in total. The Morgan fingerprint density at radius 2 is 1.94 bits per heavy atom. The SMILES string of the molecule is CC.CNC=O.COc1cccc(F)c1.Cc1cc(NC(=O)C2CCC(C)O2)ccn1. The Labute approximate surface area is 184 Å². The number of hydrogen-bond donors (Lipinski definition) is 2. The minimum Gasteiger partial charge on any atom is -0.497 e. The Morgan fingerprint density at radius 3 is 2.39 bits per heavy atom. The van der Waals surface area contributed by atoms with E-state index in [1.807, 2.05) is 33.8 Å². The highest BCUT2D eigenvalue weighted by atomic mass is 19.1. The molecule has 2 N–H and O–H groups in total. The number of halogens is 1. The van der Waals surface area contributed by atoms with Crippen LogP contribution in [0.25, 0.3) is 0 Å². The largest absolute Gasteiger partial charge is 0.497 e. The number of methoxy groups -OCH3 is 1. The van der Waals surface area contributed by atoms with Crippen molar-refractivity contribution in [2.75, 3.05) is 19.5 Å². The number of aromatic nitrogens is 1. The van der Waals surface area contributed by atoms with Crippen LogP contribution in [0, 0.1) is 12.7 Å². The molecule has 1 saturated heterocycles. The highest BCUT2D eigenvalue weighted by Crippen LogP contribution is 2.20. The molecule has 31 heavy (non-hydrogen) atoms. The summed E-state index contributed by atoms with van der Waals surface area (Å²) in [6, 6.07) is 9.64. The third kappa shape index (κ3) is 12.3. The van der Waals surface area contributed by atoms with Crippen molar-refractivity contribution in [3.63, 3.8) is 0 Å². The van der Waals surface area contributed by atoms with Crippen LogP contribution < -0.4 is 15.4 Å². The molecule has 8 heteroatoms. The van der Waals surface area contributed by atoms with E-state index < -0.39 is 0 Å². The van der Waals surface area contributed by atoms with Gasteiger partial charge in [0.1, 0.15) is 17.7 Å². The predicted molar refractivity (Wildman–Crippen MR) is 121 cm³/mol. The molecule has 0 bridgehead atoms. The molecular weight excluding hydrogens is 401 g/mol. The lowest BCUT2D eigenvalue weighted by Crippen LogP contribution is -2.27. The van der Waals surface area contributed by atoms with E-state index in [0.29, 0.717) is 12.2 Å². The van der Waals surface area contributed by atoms with Gasteiger partial charge in [-0.2, -0.15) is 0 Å². The Bertz CT molecular complexity index is 774. The van der Waals surface area contributed by atoms with Crippen LogP contribution in [0.3, 0.4) is 0 Å². The van der Waals surface area contributed by atoms with Crippen molar-refractivity contribution >= 4 is 18.0 Å². The number of carbonyl (C=O) groups excluding carboxylic acids is 2. The monoisotopic (exact) mass is 435 g/mol. The number of benzene rings is 1. The standard InChI is InChI=1S/C12H16N2O2.C7H7FO.C2H5NO.C2H6/c1-8-7-10(5-6-13-8)14-12(15)11-4-3-9(2)16-11;1-9-7-4-2-3-6(8)5-7;1-3-2-4;1-2/h5-7,9,11H,3-4H2,1-2H3,(H,13,14,15);2-5H,1H3;2H,1H3,(H,3,4);1-2H3. The summed E-state index contributed by atoms with van der Waals surface area (Å²) >= 11 is 0. The van der Waals surface area contributed by atoms with Crippen LogP contribution in [-0.2, 0) is 14.3 Å². The first-order chi connectivity index (χ1) is 14.9. The molecule has 0 spiro atoms. The lowest BCUT2D eigenvalue weighted by atomic mass is 10.2. The molecule has 1 aliphatic rings. The number of amides is 2. The fraction of sp³-hybridized carbons (Fsp3) is 0.435. The molecular formula is C23H34FN3O4. The van der Waals surface area contributed by atoms with Gasteiger partial charge < -0.3 is 20.1 Å². The van der Waals surface area contributed by atoms with Crippen molar-refractivity contribution in [1.82, 2.24) is 10.3 Å². The van der Waals surface area contributed by atoms with E-state index in [2.05, 4.69) is 15.6 Å². The minimum atomic E-state index is -0.302. The minimum absolute atomic E-state index is 0.0602. The van der Waals surface area contributed by atoms with Crippen molar-refractivity contribution in [3.8, 4) is 5.75 Å². The van der Waals surface area contributed by atoms with E-state index in [1.165, 1.54) is 19.2 Å². The quantitative estimate of drug-likeness (QED) is 0.705. The smallest absolute Gasteiger partial charge is 0.253 e. The van der Waals surface area contributed by atoms with Gasteiger partial charge in [-0.3, -0.25) is 14.6 Å². The average molecular weight is 436 g/mol. The number of pyridine rings is 1. The maximum Gasteiger partial charge on any atom is 0.253 e. The van der Waals surface area contributed by atoms with Crippen LogP contribution >= 0.6 is 0 Å². The van der Waals surface area contributed by atoms with Gasteiger partial charge >= 0.3 is 0 Å². The zero-order valence-electron chi connectivity index (χ0n) is 19.1. The summed E-state index contributed by atoms with van der Waals surface area (Å²) in [7, 11) is 3.07. The number of nitrogens with zero attached hydrogens (tertiary/aromatic N) is 1. The number of rotatable bonds is 4. The fourth-order valence-electron chi connectivity index (χ4n) is 2.44. The Hall–Kier alpha value is -3.00. The van der Waals surface area contributed by atoms with Crippen molar-refractivity contribution in [2.24, 2.45) is 0 Å². The lowest BCUT2D eigenvalue weighted by molar-refractivity contribution is -0.126. The van der Waals surface area contributed by atoms with Gasteiger partial charge in [0.15, 0.2) is 0 Å². The van der Waals surface area contributed by atoms with E-state index in [4.69, 9.17) is 14.3 Å². The van der Waals surface area contributed by atoms with Gasteiger partial charge in [0.2, 0.25) is 6.41 Å². The first kappa shape index (κ1) is 28.0. The third-order valence-electron chi connectivity index (χ3n) is 3.84. The number of anilines is 1. The summed E-state index contributed by atoms with van der Waals surface area (Å²) in [6.07, 6.45) is 3.95. The van der Waals surface area contributed by atoms with E-state index in [-0.39, 0.29) is 23.9 Å². The predicted octanol–water partition coefficient (Wildman–Crippen LogP) is 4.12. The van der Waals surface area contributed by atoms with Crippen molar-refractivity contribution in [1.29, 1.82) is 0 Å². The summed E-state index contributed by atoms with van der Waals surface area (Å²) in [6.45, 7) is 7.88. The van der Waals surface area contributed by atoms with Gasteiger partial charge in [-0.25, -0.2) is 4.39 Å². The van der Waals surface area contributed by atoms with Gasteiger partial charge in [0.25, 0.3) is 5.91 Å². The maximum atomic E-state index is 12.3. The zero-order chi connectivity index (χ0) is 23.6. The number of nitrogens with one attached hydrogen (secondary N) is 2. The van der Waals surface area contributed by atoms with Crippen molar-refractivity contribution in [2.45, 2.75) is 52.7 Å². The van der Waals surface area contributed by atoms with E-state index in [0.717, 1.165) is 24.2 Å². The molecule has 2 amide bonds. The molecule has 2 unspecified atom stereocenters. The maximum absolute atomic E-state index is 12.3. The molecule has 1 aromatic carbocycles. The molecule has 1 fully saturated rings. The average Bonchev–Trinajstić information content (AvgIpc) is 3.22. The highest BCUT2D eigenvalue weighted by Gasteiger charge is 2.28. The second kappa shape index (κ2) is 16.8. The number of ether oxygens (including phenoxy) is 2. The normalized spacial score (nSPS) is 16.1. The molecule has 3 rings (SSSR count). The number of carbonyl (C=O) groups is 2. The van der Waals surface area contributed by atoms with Crippen LogP contribution in [0.4, 0.5) is 10.1 Å². The van der Waals surface area contributed by atoms with Gasteiger partial charge in [0, 0.05) is 30.7 Å². The van der Waals surface area contributed by atoms with Crippen molar-refractivity contribution < 1.29 is 23.5 Å². The van der Waals surface area contributed by atoms with Crippen LogP contribution in [-0.4, -0.2) is 43.7 Å². The van der Waals surface area contributed by atoms with Gasteiger partial charge in [-0.15, -0.1) is 0 Å². The highest BCUT2D eigenvalue weighted by molar-refractivity contribution is 5.94. The summed E-state index contributed by atoms with van der Waals surface area (Å²) in [5.41, 5.74) is 1.67. The van der Waals surface area contributed by atoms with Crippen LogP contribution in [0.5, 0.6) is 5.75 Å². The topological polar surface area (TPSA) is 89.6 Å². The Morgan fingerprint density at radius 1 is 1.26 bits per heavy atom. The molecule has 0 saturated carbocycles. The van der Waals surface area contributed by atoms with Crippen LogP contribution in [0.15, 0.2) is 42.6 Å². The summed E-state index contributed by atoms with van der Waals surface area (Å²) in [5, 5.41) is 5.09. The summed E-state index contributed by atoms with van der Waals surface area (Å²) in [4.78, 5) is 25.0. The molecule has 0 aliphatic carbocycles. The fourth-order valence-corrected chi connectivity index (χ4v) is 2.44.